The summed E-state index contributed by atoms with van der Waals surface area (Å²) in [6, 6.07) is 6.45. The topological polar surface area (TPSA) is 95.2 Å². The molecule has 2 aliphatic rings. The van der Waals surface area contributed by atoms with Gasteiger partial charge in [-0.3, -0.25) is 14.5 Å². The van der Waals surface area contributed by atoms with E-state index in [-0.39, 0.29) is 30.0 Å². The maximum absolute atomic E-state index is 12.9. The second kappa shape index (κ2) is 6.74. The number of rotatable bonds is 2. The van der Waals surface area contributed by atoms with Gasteiger partial charge in [-0.2, -0.15) is 0 Å². The van der Waals surface area contributed by atoms with Crippen molar-refractivity contribution >= 4 is 22.8 Å². The quantitative estimate of drug-likeness (QED) is 0.809. The molecule has 26 heavy (non-hydrogen) atoms. The molecule has 0 spiro atoms. The molecule has 1 aromatic heterocycles. The fourth-order valence-corrected chi connectivity index (χ4v) is 3.70. The maximum Gasteiger partial charge on any atom is 0.324 e. The molecule has 1 aliphatic heterocycles. The first-order valence-electron chi connectivity index (χ1n) is 8.88. The van der Waals surface area contributed by atoms with Crippen molar-refractivity contribution in [3.63, 3.8) is 0 Å². The van der Waals surface area contributed by atoms with Gasteiger partial charge in [-0.15, -0.1) is 0 Å². The van der Waals surface area contributed by atoms with Crippen LogP contribution in [-0.4, -0.2) is 32.8 Å². The number of aromatic nitrogens is 2. The van der Waals surface area contributed by atoms with Gasteiger partial charge in [0.2, 0.25) is 5.91 Å². The molecule has 0 bridgehead atoms. The summed E-state index contributed by atoms with van der Waals surface area (Å²) in [5.41, 5.74) is 0.273. The zero-order valence-electron chi connectivity index (χ0n) is 14.3. The Balaban J connectivity index is 1.61. The van der Waals surface area contributed by atoms with Gasteiger partial charge in [-0.1, -0.05) is 24.3 Å². The molecule has 134 valence electrons. The minimum atomic E-state index is -0.420. The number of H-pyrrole nitrogens is 1. The van der Waals surface area contributed by atoms with Gasteiger partial charge < -0.3 is 10.3 Å². The second-order valence-corrected chi connectivity index (χ2v) is 6.74. The van der Waals surface area contributed by atoms with E-state index in [1.54, 1.807) is 24.3 Å². The largest absolute Gasteiger partial charge is 0.334 e. The monoisotopic (exact) mass is 352 g/mol. The third-order valence-corrected chi connectivity index (χ3v) is 5.05. The molecule has 7 heteroatoms. The van der Waals surface area contributed by atoms with E-state index in [0.29, 0.717) is 23.1 Å². The number of benzene rings is 1. The van der Waals surface area contributed by atoms with Gasteiger partial charge >= 0.3 is 6.03 Å². The van der Waals surface area contributed by atoms with Crippen molar-refractivity contribution in [1.82, 2.24) is 20.2 Å². The van der Waals surface area contributed by atoms with Crippen molar-refractivity contribution in [2.24, 2.45) is 5.92 Å². The number of nitrogens with one attached hydrogen (secondary N) is 2. The average molecular weight is 352 g/mol. The molecule has 2 N–H and O–H groups in total. The number of allylic oxidation sites excluding steroid dienone is 2. The van der Waals surface area contributed by atoms with E-state index < -0.39 is 6.03 Å². The molecule has 1 saturated heterocycles. The van der Waals surface area contributed by atoms with E-state index in [9.17, 15) is 14.4 Å². The highest BCUT2D eigenvalue weighted by molar-refractivity contribution is 5.98. The molecule has 3 amide bonds. The lowest BCUT2D eigenvalue weighted by atomic mass is 9.86. The van der Waals surface area contributed by atoms with Crippen molar-refractivity contribution in [3.05, 3.63) is 52.6 Å². The van der Waals surface area contributed by atoms with Crippen LogP contribution >= 0.6 is 0 Å². The first-order valence-corrected chi connectivity index (χ1v) is 8.88. The molecule has 0 saturated carbocycles. The summed E-state index contributed by atoms with van der Waals surface area (Å²) in [7, 11) is 0. The van der Waals surface area contributed by atoms with Crippen LogP contribution in [0.2, 0.25) is 0 Å². The van der Waals surface area contributed by atoms with Crippen LogP contribution in [-0.2, 0) is 11.3 Å². The number of carbonyl (C=O) groups is 2. The van der Waals surface area contributed by atoms with Crippen molar-refractivity contribution in [3.8, 4) is 0 Å². The zero-order valence-corrected chi connectivity index (χ0v) is 14.3. The molecule has 2 atom stereocenters. The molecule has 1 aromatic carbocycles. The number of aromatic amines is 1. The number of fused-ring (bicyclic) bond motifs is 2. The highest BCUT2D eigenvalue weighted by Gasteiger charge is 2.40. The number of nitrogens with zero attached hydrogens (tertiary/aromatic N) is 2. The van der Waals surface area contributed by atoms with Crippen molar-refractivity contribution in [1.29, 1.82) is 0 Å². The lowest BCUT2D eigenvalue weighted by Gasteiger charge is -2.37. The van der Waals surface area contributed by atoms with Crippen LogP contribution in [0.15, 0.2) is 41.2 Å². The van der Waals surface area contributed by atoms with Gasteiger partial charge in [0.25, 0.3) is 5.56 Å². The normalized spacial score (nSPS) is 24.5. The highest BCUT2D eigenvalue weighted by atomic mass is 16.2. The van der Waals surface area contributed by atoms with Crippen LogP contribution in [0.5, 0.6) is 0 Å². The number of hydrogen-bond acceptors (Lipinski definition) is 4. The molecule has 7 nitrogen and oxygen atoms in total. The summed E-state index contributed by atoms with van der Waals surface area (Å²) in [6.07, 6.45) is 7.33. The zero-order chi connectivity index (χ0) is 18.1. The predicted molar refractivity (Wildman–Crippen MR) is 96.3 cm³/mol. The summed E-state index contributed by atoms with van der Waals surface area (Å²) in [6.45, 7) is -0.0379. The molecule has 0 unspecified atom stereocenters. The Morgan fingerprint density at radius 2 is 1.85 bits per heavy atom. The molecule has 2 aromatic rings. The summed E-state index contributed by atoms with van der Waals surface area (Å²) in [4.78, 5) is 45.8. The summed E-state index contributed by atoms with van der Waals surface area (Å²) >= 11 is 0. The van der Waals surface area contributed by atoms with E-state index >= 15 is 0 Å². The fourth-order valence-electron chi connectivity index (χ4n) is 3.70. The minimum Gasteiger partial charge on any atom is -0.334 e. The number of hydrogen-bond donors (Lipinski definition) is 2. The van der Waals surface area contributed by atoms with Crippen LogP contribution in [0.4, 0.5) is 4.79 Å². The van der Waals surface area contributed by atoms with E-state index in [4.69, 9.17) is 0 Å². The van der Waals surface area contributed by atoms with Gasteiger partial charge in [-0.25, -0.2) is 9.78 Å². The van der Waals surface area contributed by atoms with Crippen LogP contribution in [0.25, 0.3) is 10.9 Å². The average Bonchev–Trinajstić information content (AvgIpc) is 2.60. The Morgan fingerprint density at radius 1 is 1.08 bits per heavy atom. The number of amides is 3. The van der Waals surface area contributed by atoms with Crippen molar-refractivity contribution in [2.45, 2.75) is 38.3 Å². The van der Waals surface area contributed by atoms with Gasteiger partial charge in [0.15, 0.2) is 0 Å². The van der Waals surface area contributed by atoms with Crippen LogP contribution in [0.1, 0.15) is 31.5 Å². The summed E-state index contributed by atoms with van der Waals surface area (Å²) in [5.74, 6) is -0.115. The lowest BCUT2D eigenvalue weighted by molar-refractivity contribution is -0.136. The molecule has 4 rings (SSSR count). The van der Waals surface area contributed by atoms with E-state index in [1.165, 1.54) is 4.90 Å². The van der Waals surface area contributed by atoms with Crippen LogP contribution in [0.3, 0.4) is 0 Å². The first-order chi connectivity index (χ1) is 12.6. The van der Waals surface area contributed by atoms with E-state index in [1.807, 2.05) is 0 Å². The van der Waals surface area contributed by atoms with Gasteiger partial charge in [0, 0.05) is 6.04 Å². The number of para-hydroxylation sites is 1. The summed E-state index contributed by atoms with van der Waals surface area (Å²) < 4.78 is 0. The summed E-state index contributed by atoms with van der Waals surface area (Å²) in [5, 5.41) is 3.43. The maximum atomic E-state index is 12.9. The van der Waals surface area contributed by atoms with Gasteiger partial charge in [0.1, 0.15) is 5.82 Å². The van der Waals surface area contributed by atoms with Crippen LogP contribution in [0, 0.1) is 5.92 Å². The van der Waals surface area contributed by atoms with Crippen LogP contribution < -0.4 is 10.9 Å². The Bertz CT molecular complexity index is 949. The number of carbonyl (C=O) groups excluding carboxylic acids is 2. The minimum absolute atomic E-state index is 0.0379. The second-order valence-electron chi connectivity index (χ2n) is 6.74. The molecule has 1 aliphatic carbocycles. The Morgan fingerprint density at radius 3 is 2.69 bits per heavy atom. The third-order valence-electron chi connectivity index (χ3n) is 5.05. The first kappa shape index (κ1) is 16.5. The molecule has 2 heterocycles. The molecular formula is C19H20N4O3. The Hall–Kier alpha value is -2.96. The number of imide groups is 1. The Labute approximate surface area is 150 Å². The standard InChI is InChI=1S/C19H20N4O3/c24-17-12-7-5-6-10-14(12)20-16(22-17)11-23-18(25)13-8-3-1-2-4-9-15(13)21-19(23)26/h1-2,5-7,10,13,15H,3-4,8-9,11H2,(H,21,26)(H,20,22,24)/b2-1-/t13-,15+/m0/s1. The molecule has 1 fully saturated rings. The lowest BCUT2D eigenvalue weighted by Crippen LogP contribution is -2.59. The predicted octanol–water partition coefficient (Wildman–Crippen LogP) is 2.09. The SMILES string of the molecule is O=C1N[C@@H]2CC/C=C\CC[C@@H]2C(=O)N1Cc1nc2ccccc2c(=O)[nH]1. The van der Waals surface area contributed by atoms with Gasteiger partial charge in [-0.05, 0) is 37.8 Å². The van der Waals surface area contributed by atoms with Crippen molar-refractivity contribution in [2.75, 3.05) is 0 Å². The third kappa shape index (κ3) is 3.00. The fraction of sp³-hybridized carbons (Fsp3) is 0.368. The van der Waals surface area contributed by atoms with Gasteiger partial charge in [0.05, 0.1) is 23.4 Å². The number of urea groups is 1. The van der Waals surface area contributed by atoms with E-state index in [2.05, 4.69) is 27.4 Å². The molecule has 0 radical (unpaired) electrons. The Kier molecular flexibility index (Phi) is 4.28. The molecular weight excluding hydrogens is 332 g/mol. The highest BCUT2D eigenvalue weighted by Crippen LogP contribution is 2.26. The van der Waals surface area contributed by atoms with Crippen molar-refractivity contribution < 1.29 is 9.59 Å². The van der Waals surface area contributed by atoms with E-state index in [0.717, 1.165) is 19.3 Å². The smallest absolute Gasteiger partial charge is 0.324 e.